The van der Waals surface area contributed by atoms with Crippen molar-refractivity contribution < 1.29 is 9.52 Å². The van der Waals surface area contributed by atoms with Crippen LogP contribution in [0.2, 0.25) is 0 Å². The van der Waals surface area contributed by atoms with E-state index in [2.05, 4.69) is 0 Å². The van der Waals surface area contributed by atoms with Gasteiger partial charge in [0.15, 0.2) is 0 Å². The number of furan rings is 1. The Balaban J connectivity index is 2.27. The Morgan fingerprint density at radius 3 is 2.64 bits per heavy atom. The monoisotopic (exact) mass is 152 g/mol. The standard InChI is InChI=1S/C9H12O2/c10-9(4-1-2-5-9)8-3-6-11-7-8/h3,6-7,10H,1-2,4-5H2. The fourth-order valence-electron chi connectivity index (χ4n) is 1.78. The summed E-state index contributed by atoms with van der Waals surface area (Å²) in [5, 5.41) is 9.99. The van der Waals surface area contributed by atoms with Crippen LogP contribution in [0.1, 0.15) is 31.2 Å². The van der Waals surface area contributed by atoms with Gasteiger partial charge in [-0.15, -0.1) is 0 Å². The third-order valence-electron chi connectivity index (χ3n) is 2.49. The summed E-state index contributed by atoms with van der Waals surface area (Å²) in [5.74, 6) is 0. The summed E-state index contributed by atoms with van der Waals surface area (Å²) in [6.45, 7) is 0. The number of aliphatic hydroxyl groups is 1. The van der Waals surface area contributed by atoms with Gasteiger partial charge in [-0.3, -0.25) is 0 Å². The normalized spacial score (nSPS) is 22.3. The first kappa shape index (κ1) is 6.92. The lowest BCUT2D eigenvalue weighted by Gasteiger charge is -2.19. The molecule has 2 rings (SSSR count). The Labute approximate surface area is 65.8 Å². The summed E-state index contributed by atoms with van der Waals surface area (Å²) in [6.07, 6.45) is 7.28. The van der Waals surface area contributed by atoms with Gasteiger partial charge in [-0.05, 0) is 18.9 Å². The smallest absolute Gasteiger partial charge is 0.0963 e. The van der Waals surface area contributed by atoms with E-state index in [-0.39, 0.29) is 0 Å². The van der Waals surface area contributed by atoms with Gasteiger partial charge in [0.2, 0.25) is 0 Å². The highest BCUT2D eigenvalue weighted by molar-refractivity contribution is 5.17. The highest BCUT2D eigenvalue weighted by Gasteiger charge is 2.33. The van der Waals surface area contributed by atoms with Crippen LogP contribution in [0.3, 0.4) is 0 Å². The van der Waals surface area contributed by atoms with Crippen molar-refractivity contribution in [1.82, 2.24) is 0 Å². The van der Waals surface area contributed by atoms with Crippen LogP contribution in [0.15, 0.2) is 23.0 Å². The predicted octanol–water partition coefficient (Wildman–Crippen LogP) is 2.04. The SMILES string of the molecule is OC1(c2ccoc2)CCCC1. The van der Waals surface area contributed by atoms with Crippen molar-refractivity contribution in [3.05, 3.63) is 24.2 Å². The highest BCUT2D eigenvalue weighted by atomic mass is 16.3. The second-order valence-electron chi connectivity index (χ2n) is 3.25. The highest BCUT2D eigenvalue weighted by Crippen LogP contribution is 2.38. The fourth-order valence-corrected chi connectivity index (χ4v) is 1.78. The van der Waals surface area contributed by atoms with E-state index in [0.717, 1.165) is 31.2 Å². The Morgan fingerprint density at radius 1 is 1.36 bits per heavy atom. The lowest BCUT2D eigenvalue weighted by atomic mass is 9.95. The van der Waals surface area contributed by atoms with E-state index in [1.54, 1.807) is 12.5 Å². The summed E-state index contributed by atoms with van der Waals surface area (Å²) in [7, 11) is 0. The minimum atomic E-state index is -0.576. The van der Waals surface area contributed by atoms with Crippen molar-refractivity contribution in [2.75, 3.05) is 0 Å². The first-order chi connectivity index (χ1) is 5.31. The maximum absolute atomic E-state index is 9.99. The largest absolute Gasteiger partial charge is 0.472 e. The van der Waals surface area contributed by atoms with Gasteiger partial charge in [-0.2, -0.15) is 0 Å². The average molecular weight is 152 g/mol. The van der Waals surface area contributed by atoms with E-state index in [0.29, 0.717) is 0 Å². The summed E-state index contributed by atoms with van der Waals surface area (Å²) in [5.41, 5.74) is 0.363. The summed E-state index contributed by atoms with van der Waals surface area (Å²) >= 11 is 0. The molecule has 2 heteroatoms. The molecule has 1 fully saturated rings. The van der Waals surface area contributed by atoms with Crippen LogP contribution < -0.4 is 0 Å². The molecule has 1 aliphatic rings. The molecular formula is C9H12O2. The van der Waals surface area contributed by atoms with E-state index < -0.39 is 5.60 Å². The second kappa shape index (κ2) is 2.38. The van der Waals surface area contributed by atoms with Crippen LogP contribution in [0, 0.1) is 0 Å². The van der Waals surface area contributed by atoms with Gasteiger partial charge in [-0.1, -0.05) is 12.8 Å². The maximum Gasteiger partial charge on any atom is 0.0963 e. The Morgan fingerprint density at radius 2 is 2.09 bits per heavy atom. The van der Waals surface area contributed by atoms with Gasteiger partial charge in [0.25, 0.3) is 0 Å². The van der Waals surface area contributed by atoms with Crippen LogP contribution in [0.5, 0.6) is 0 Å². The zero-order chi connectivity index (χ0) is 7.73. The molecule has 0 aliphatic heterocycles. The van der Waals surface area contributed by atoms with E-state index in [1.165, 1.54) is 0 Å². The lowest BCUT2D eigenvalue weighted by molar-refractivity contribution is 0.0439. The van der Waals surface area contributed by atoms with Crippen LogP contribution in [0.4, 0.5) is 0 Å². The Bertz CT molecular complexity index is 220. The molecule has 0 unspecified atom stereocenters. The average Bonchev–Trinajstić information content (AvgIpc) is 2.55. The Kier molecular flexibility index (Phi) is 1.50. The molecular weight excluding hydrogens is 140 g/mol. The first-order valence-corrected chi connectivity index (χ1v) is 4.06. The Hall–Kier alpha value is -0.760. The summed E-state index contributed by atoms with van der Waals surface area (Å²) in [4.78, 5) is 0. The van der Waals surface area contributed by atoms with Crippen molar-refractivity contribution in [3.63, 3.8) is 0 Å². The molecule has 11 heavy (non-hydrogen) atoms. The van der Waals surface area contributed by atoms with Crippen molar-refractivity contribution in [3.8, 4) is 0 Å². The third-order valence-corrected chi connectivity index (χ3v) is 2.49. The molecule has 1 saturated carbocycles. The molecule has 1 heterocycles. The zero-order valence-electron chi connectivity index (χ0n) is 6.42. The second-order valence-corrected chi connectivity index (χ2v) is 3.25. The number of hydrogen-bond acceptors (Lipinski definition) is 2. The van der Waals surface area contributed by atoms with Crippen molar-refractivity contribution in [2.24, 2.45) is 0 Å². The third kappa shape index (κ3) is 1.07. The predicted molar refractivity (Wildman–Crippen MR) is 41.1 cm³/mol. The molecule has 2 nitrogen and oxygen atoms in total. The van der Waals surface area contributed by atoms with E-state index >= 15 is 0 Å². The van der Waals surface area contributed by atoms with Gasteiger partial charge in [0.1, 0.15) is 0 Å². The lowest BCUT2D eigenvalue weighted by Crippen LogP contribution is -2.19. The molecule has 1 aromatic heterocycles. The number of rotatable bonds is 1. The van der Waals surface area contributed by atoms with Gasteiger partial charge in [0, 0.05) is 5.56 Å². The van der Waals surface area contributed by atoms with E-state index in [4.69, 9.17) is 4.42 Å². The zero-order valence-corrected chi connectivity index (χ0v) is 6.42. The molecule has 1 N–H and O–H groups in total. The molecule has 0 amide bonds. The molecule has 1 aromatic rings. The van der Waals surface area contributed by atoms with E-state index in [9.17, 15) is 5.11 Å². The maximum atomic E-state index is 9.99. The van der Waals surface area contributed by atoms with Crippen molar-refractivity contribution in [1.29, 1.82) is 0 Å². The minimum absolute atomic E-state index is 0.576. The van der Waals surface area contributed by atoms with Crippen LogP contribution >= 0.6 is 0 Å². The molecule has 0 bridgehead atoms. The molecule has 0 spiro atoms. The molecule has 0 radical (unpaired) electrons. The molecule has 0 atom stereocenters. The van der Waals surface area contributed by atoms with Gasteiger partial charge >= 0.3 is 0 Å². The van der Waals surface area contributed by atoms with Crippen molar-refractivity contribution >= 4 is 0 Å². The van der Waals surface area contributed by atoms with Crippen LogP contribution in [0.25, 0.3) is 0 Å². The van der Waals surface area contributed by atoms with E-state index in [1.807, 2.05) is 6.07 Å². The van der Waals surface area contributed by atoms with Gasteiger partial charge in [0.05, 0.1) is 18.1 Å². The molecule has 60 valence electrons. The van der Waals surface area contributed by atoms with Crippen molar-refractivity contribution in [2.45, 2.75) is 31.3 Å². The summed E-state index contributed by atoms with van der Waals surface area (Å²) < 4.78 is 4.93. The van der Waals surface area contributed by atoms with Gasteiger partial charge < -0.3 is 9.52 Å². The minimum Gasteiger partial charge on any atom is -0.472 e. The molecule has 1 aliphatic carbocycles. The first-order valence-electron chi connectivity index (χ1n) is 4.06. The summed E-state index contributed by atoms with van der Waals surface area (Å²) in [6, 6.07) is 1.85. The molecule has 0 aromatic carbocycles. The van der Waals surface area contributed by atoms with Gasteiger partial charge in [-0.25, -0.2) is 0 Å². The van der Waals surface area contributed by atoms with Crippen LogP contribution in [-0.4, -0.2) is 5.11 Å². The number of hydrogen-bond donors (Lipinski definition) is 1. The topological polar surface area (TPSA) is 33.4 Å². The fraction of sp³-hybridized carbons (Fsp3) is 0.556. The quantitative estimate of drug-likeness (QED) is 0.668. The molecule has 0 saturated heterocycles. The van der Waals surface area contributed by atoms with Crippen LogP contribution in [-0.2, 0) is 5.60 Å².